The molecular weight excluding hydrogens is 351 g/mol. The van der Waals surface area contributed by atoms with Crippen molar-refractivity contribution >= 4 is 11.8 Å². The van der Waals surface area contributed by atoms with Crippen LogP contribution in [0.5, 0.6) is 0 Å². The van der Waals surface area contributed by atoms with Crippen molar-refractivity contribution in [1.82, 2.24) is 25.0 Å². The van der Waals surface area contributed by atoms with E-state index in [0.717, 1.165) is 17.7 Å². The average molecular weight is 368 g/mol. The number of aromatic nitrogens is 5. The molecule has 1 aromatic carbocycles. The average Bonchev–Trinajstić information content (AvgIpc) is 3.02. The molecule has 0 N–H and O–H groups in total. The molecule has 0 unspecified atom stereocenters. The van der Waals surface area contributed by atoms with Crippen LogP contribution in [0.2, 0.25) is 0 Å². The number of nitriles is 1. The molecule has 0 aliphatic carbocycles. The van der Waals surface area contributed by atoms with Crippen molar-refractivity contribution in [2.75, 3.05) is 0 Å². The summed E-state index contributed by atoms with van der Waals surface area (Å²) in [7, 11) is 1.75. The molecule has 0 saturated carbocycles. The predicted octanol–water partition coefficient (Wildman–Crippen LogP) is 3.56. The summed E-state index contributed by atoms with van der Waals surface area (Å²) in [5.41, 5.74) is 2.62. The van der Waals surface area contributed by atoms with Crippen LogP contribution in [0.15, 0.2) is 34.4 Å². The number of hydrogen-bond acceptors (Lipinski definition) is 6. The highest BCUT2D eigenvalue weighted by molar-refractivity contribution is 7.99. The Kier molecular flexibility index (Phi) is 5.28. The van der Waals surface area contributed by atoms with E-state index in [0.29, 0.717) is 33.6 Å². The maximum Gasteiger partial charge on any atom is 0.197 e. The summed E-state index contributed by atoms with van der Waals surface area (Å²) in [4.78, 5) is 0. The first kappa shape index (κ1) is 18.0. The number of aryl methyl sites for hydroxylation is 1. The van der Waals surface area contributed by atoms with Gasteiger partial charge in [-0.25, -0.2) is 4.39 Å². The van der Waals surface area contributed by atoms with Crippen molar-refractivity contribution in [2.45, 2.75) is 36.9 Å². The van der Waals surface area contributed by atoms with Crippen LogP contribution in [0.3, 0.4) is 0 Å². The first-order valence-corrected chi connectivity index (χ1v) is 9.02. The van der Waals surface area contributed by atoms with Gasteiger partial charge in [0.15, 0.2) is 11.0 Å². The molecular formula is C18H17FN6S. The van der Waals surface area contributed by atoms with Crippen LogP contribution in [0, 0.1) is 17.1 Å². The van der Waals surface area contributed by atoms with Crippen molar-refractivity contribution in [2.24, 2.45) is 7.05 Å². The van der Waals surface area contributed by atoms with E-state index in [4.69, 9.17) is 0 Å². The fraction of sp³-hybridized carbons (Fsp3) is 0.278. The van der Waals surface area contributed by atoms with Crippen molar-refractivity contribution in [1.29, 1.82) is 5.26 Å². The molecule has 0 radical (unpaired) electrons. The molecule has 0 amide bonds. The fourth-order valence-electron chi connectivity index (χ4n) is 2.71. The fourth-order valence-corrected chi connectivity index (χ4v) is 3.54. The van der Waals surface area contributed by atoms with Gasteiger partial charge >= 0.3 is 0 Å². The minimum Gasteiger partial charge on any atom is -0.305 e. The quantitative estimate of drug-likeness (QED) is 0.685. The second-order valence-corrected chi connectivity index (χ2v) is 6.53. The lowest BCUT2D eigenvalue weighted by atomic mass is 10.1. The van der Waals surface area contributed by atoms with E-state index in [9.17, 15) is 9.65 Å². The van der Waals surface area contributed by atoms with Crippen molar-refractivity contribution in [3.8, 4) is 17.5 Å². The maximum absolute atomic E-state index is 14.0. The molecule has 6 nitrogen and oxygen atoms in total. The normalized spacial score (nSPS) is 10.7. The summed E-state index contributed by atoms with van der Waals surface area (Å²) < 4.78 is 15.7. The minimum absolute atomic E-state index is 0.363. The molecule has 2 heterocycles. The van der Waals surface area contributed by atoms with Crippen LogP contribution in [-0.2, 0) is 19.9 Å². The molecule has 0 aliphatic heterocycles. The third kappa shape index (κ3) is 3.18. The highest BCUT2D eigenvalue weighted by atomic mass is 32.2. The molecule has 8 heteroatoms. The van der Waals surface area contributed by atoms with Crippen LogP contribution in [0.4, 0.5) is 4.39 Å². The Balaban J connectivity index is 2.01. The summed E-state index contributed by atoms with van der Waals surface area (Å²) >= 11 is 1.21. The zero-order valence-electron chi connectivity index (χ0n) is 14.7. The molecule has 0 bridgehead atoms. The summed E-state index contributed by atoms with van der Waals surface area (Å²) in [6.45, 7) is 3.98. The van der Waals surface area contributed by atoms with E-state index in [1.807, 2.05) is 13.8 Å². The third-order valence-corrected chi connectivity index (χ3v) is 5.08. The van der Waals surface area contributed by atoms with E-state index in [-0.39, 0.29) is 5.82 Å². The van der Waals surface area contributed by atoms with Crippen LogP contribution in [-0.4, -0.2) is 25.0 Å². The number of nitrogens with zero attached hydrogens (tertiary/aromatic N) is 6. The summed E-state index contributed by atoms with van der Waals surface area (Å²) in [6, 6.07) is 8.64. The van der Waals surface area contributed by atoms with Crippen molar-refractivity contribution < 1.29 is 4.39 Å². The van der Waals surface area contributed by atoms with E-state index in [2.05, 4.69) is 26.5 Å². The lowest BCUT2D eigenvalue weighted by molar-refractivity contribution is 0.628. The van der Waals surface area contributed by atoms with Gasteiger partial charge in [0.05, 0.1) is 16.8 Å². The molecule has 132 valence electrons. The second kappa shape index (κ2) is 7.62. The Hall–Kier alpha value is -2.79. The van der Waals surface area contributed by atoms with E-state index < -0.39 is 0 Å². The molecule has 2 aromatic heterocycles. The Morgan fingerprint density at radius 2 is 1.88 bits per heavy atom. The highest BCUT2D eigenvalue weighted by Crippen LogP contribution is 2.31. The van der Waals surface area contributed by atoms with Gasteiger partial charge in [0, 0.05) is 7.05 Å². The van der Waals surface area contributed by atoms with Crippen LogP contribution in [0.1, 0.15) is 30.7 Å². The largest absolute Gasteiger partial charge is 0.305 e. The number of hydrogen-bond donors (Lipinski definition) is 0. The topological polar surface area (TPSA) is 80.3 Å². The van der Waals surface area contributed by atoms with Gasteiger partial charge in [0.2, 0.25) is 0 Å². The number of benzene rings is 1. The predicted molar refractivity (Wildman–Crippen MR) is 96.0 cm³/mol. The van der Waals surface area contributed by atoms with Crippen LogP contribution >= 0.6 is 11.8 Å². The van der Waals surface area contributed by atoms with Gasteiger partial charge in [-0.2, -0.15) is 10.4 Å². The molecule has 0 aliphatic rings. The zero-order valence-corrected chi connectivity index (χ0v) is 15.5. The van der Waals surface area contributed by atoms with E-state index in [1.54, 1.807) is 29.8 Å². The molecule has 0 fully saturated rings. The minimum atomic E-state index is -0.363. The van der Waals surface area contributed by atoms with Crippen LogP contribution in [0.25, 0.3) is 11.4 Å². The van der Waals surface area contributed by atoms with Crippen molar-refractivity contribution in [3.63, 3.8) is 0 Å². The molecule has 0 saturated heterocycles. The van der Waals surface area contributed by atoms with Gasteiger partial charge in [-0.15, -0.1) is 15.3 Å². The first-order valence-electron chi connectivity index (χ1n) is 8.21. The smallest absolute Gasteiger partial charge is 0.197 e. The monoisotopic (exact) mass is 368 g/mol. The van der Waals surface area contributed by atoms with Gasteiger partial charge in [-0.05, 0) is 42.3 Å². The lowest BCUT2D eigenvalue weighted by Gasteiger charge is -2.10. The van der Waals surface area contributed by atoms with Crippen molar-refractivity contribution in [3.05, 3.63) is 46.9 Å². The molecule has 3 rings (SSSR count). The maximum atomic E-state index is 14.0. The van der Waals surface area contributed by atoms with Gasteiger partial charge in [0.1, 0.15) is 16.9 Å². The molecule has 0 spiro atoms. The lowest BCUT2D eigenvalue weighted by Crippen LogP contribution is -2.05. The first-order chi connectivity index (χ1) is 12.6. The van der Waals surface area contributed by atoms with Gasteiger partial charge in [-0.3, -0.25) is 0 Å². The summed E-state index contributed by atoms with van der Waals surface area (Å²) in [5.74, 6) is 0.0515. The molecule has 26 heavy (non-hydrogen) atoms. The SMILES string of the molecule is CCc1nnc(Sc2nnc(-c3ccccc3F)n2C)c(C#N)c1CC. The Morgan fingerprint density at radius 3 is 2.54 bits per heavy atom. The van der Waals surface area contributed by atoms with E-state index >= 15 is 0 Å². The standard InChI is InChI=1S/C18H17FN6S/c1-4-11-13(10-20)17(23-21-15(11)5-2)26-18-24-22-16(25(18)3)12-8-6-7-9-14(12)19/h6-9H,4-5H2,1-3H3. The van der Waals surface area contributed by atoms with Gasteiger partial charge < -0.3 is 4.57 Å². The number of halogens is 1. The highest BCUT2D eigenvalue weighted by Gasteiger charge is 2.20. The van der Waals surface area contributed by atoms with Gasteiger partial charge in [-0.1, -0.05) is 26.0 Å². The zero-order chi connectivity index (χ0) is 18.7. The van der Waals surface area contributed by atoms with E-state index in [1.165, 1.54) is 17.8 Å². The summed E-state index contributed by atoms with van der Waals surface area (Å²) in [5, 5.41) is 27.3. The molecule has 3 aromatic rings. The number of rotatable bonds is 5. The second-order valence-electron chi connectivity index (χ2n) is 5.57. The Bertz CT molecular complexity index is 992. The van der Waals surface area contributed by atoms with Gasteiger partial charge in [0.25, 0.3) is 0 Å². The Labute approximate surface area is 155 Å². The third-order valence-electron chi connectivity index (χ3n) is 4.06. The van der Waals surface area contributed by atoms with Crippen LogP contribution < -0.4 is 0 Å². The molecule has 0 atom stereocenters. The summed E-state index contributed by atoms with van der Waals surface area (Å²) in [6.07, 6.45) is 1.42. The Morgan fingerprint density at radius 1 is 1.12 bits per heavy atom.